The minimum atomic E-state index is -0.445. The van der Waals surface area contributed by atoms with E-state index in [2.05, 4.69) is 11.6 Å². The Balaban J connectivity index is 1.95. The van der Waals surface area contributed by atoms with Gasteiger partial charge in [0.25, 0.3) is 5.91 Å². The molecular formula is C21H19FN2O3S. The zero-order chi connectivity index (χ0) is 20.1. The van der Waals surface area contributed by atoms with Crippen LogP contribution in [0.1, 0.15) is 5.56 Å². The SMILES string of the molecule is C=CCn1c(=NC(=O)C=Cc2ccc(OC)c(OC)c2)sc2cccc(F)c21. The third kappa shape index (κ3) is 4.04. The van der Waals surface area contributed by atoms with Crippen LogP contribution < -0.4 is 14.3 Å². The molecule has 0 aliphatic heterocycles. The van der Waals surface area contributed by atoms with E-state index in [-0.39, 0.29) is 5.82 Å². The highest BCUT2D eigenvalue weighted by Gasteiger charge is 2.10. The molecule has 0 fully saturated rings. The van der Waals surface area contributed by atoms with E-state index in [4.69, 9.17) is 9.47 Å². The number of para-hydroxylation sites is 1. The van der Waals surface area contributed by atoms with Crippen LogP contribution in [0.2, 0.25) is 0 Å². The van der Waals surface area contributed by atoms with Crippen LogP contribution >= 0.6 is 11.3 Å². The zero-order valence-corrected chi connectivity index (χ0v) is 16.3. The second-order valence-electron chi connectivity index (χ2n) is 5.77. The number of halogens is 1. The molecule has 28 heavy (non-hydrogen) atoms. The quantitative estimate of drug-likeness (QED) is 0.462. The number of allylic oxidation sites excluding steroid dienone is 1. The van der Waals surface area contributed by atoms with Gasteiger partial charge in [-0.3, -0.25) is 4.79 Å². The van der Waals surface area contributed by atoms with Crippen LogP contribution in [-0.4, -0.2) is 24.7 Å². The van der Waals surface area contributed by atoms with Crippen molar-refractivity contribution >= 4 is 33.5 Å². The molecule has 0 saturated carbocycles. The van der Waals surface area contributed by atoms with Gasteiger partial charge in [-0.25, -0.2) is 4.39 Å². The van der Waals surface area contributed by atoms with Crippen LogP contribution in [0.4, 0.5) is 4.39 Å². The predicted molar refractivity (Wildman–Crippen MR) is 109 cm³/mol. The average Bonchev–Trinajstić information content (AvgIpc) is 3.04. The summed E-state index contributed by atoms with van der Waals surface area (Å²) in [5.74, 6) is 0.371. The molecule has 0 spiro atoms. The first-order chi connectivity index (χ1) is 13.6. The molecule has 3 rings (SSSR count). The maximum Gasteiger partial charge on any atom is 0.272 e. The fraction of sp³-hybridized carbons (Fsp3) is 0.143. The van der Waals surface area contributed by atoms with Crippen LogP contribution in [0.3, 0.4) is 0 Å². The summed E-state index contributed by atoms with van der Waals surface area (Å²) in [6.07, 6.45) is 4.64. The fourth-order valence-corrected chi connectivity index (χ4v) is 3.79. The van der Waals surface area contributed by atoms with Gasteiger partial charge in [0, 0.05) is 12.6 Å². The van der Waals surface area contributed by atoms with Crippen molar-refractivity contribution in [1.29, 1.82) is 0 Å². The summed E-state index contributed by atoms with van der Waals surface area (Å²) in [4.78, 5) is 16.9. The zero-order valence-electron chi connectivity index (χ0n) is 15.5. The average molecular weight is 398 g/mol. The Labute approximate surface area is 165 Å². The van der Waals surface area contributed by atoms with Gasteiger partial charge in [-0.2, -0.15) is 4.99 Å². The van der Waals surface area contributed by atoms with Crippen molar-refractivity contribution in [3.05, 3.63) is 71.3 Å². The highest BCUT2D eigenvalue weighted by atomic mass is 32.1. The van der Waals surface area contributed by atoms with E-state index in [1.807, 2.05) is 0 Å². The van der Waals surface area contributed by atoms with Gasteiger partial charge >= 0.3 is 0 Å². The molecule has 0 aliphatic carbocycles. The predicted octanol–water partition coefficient (Wildman–Crippen LogP) is 4.19. The lowest BCUT2D eigenvalue weighted by Crippen LogP contribution is -2.16. The number of nitrogens with zero attached hydrogens (tertiary/aromatic N) is 2. The lowest BCUT2D eigenvalue weighted by molar-refractivity contribution is -0.113. The Morgan fingerprint density at radius 3 is 2.75 bits per heavy atom. The summed E-state index contributed by atoms with van der Waals surface area (Å²) < 4.78 is 27.0. The monoisotopic (exact) mass is 398 g/mol. The summed E-state index contributed by atoms with van der Waals surface area (Å²) in [7, 11) is 3.10. The smallest absolute Gasteiger partial charge is 0.272 e. The maximum atomic E-state index is 14.2. The van der Waals surface area contributed by atoms with Gasteiger partial charge in [-0.05, 0) is 35.9 Å². The number of aromatic nitrogens is 1. The number of carbonyl (C=O) groups excluding carboxylic acids is 1. The number of carbonyl (C=O) groups is 1. The van der Waals surface area contributed by atoms with Gasteiger partial charge in [0.2, 0.25) is 0 Å². The van der Waals surface area contributed by atoms with E-state index in [0.29, 0.717) is 28.4 Å². The van der Waals surface area contributed by atoms with Crippen molar-refractivity contribution in [2.24, 2.45) is 4.99 Å². The Morgan fingerprint density at radius 2 is 2.04 bits per heavy atom. The van der Waals surface area contributed by atoms with Gasteiger partial charge in [0.05, 0.1) is 24.4 Å². The van der Waals surface area contributed by atoms with Crippen molar-refractivity contribution < 1.29 is 18.7 Å². The summed E-state index contributed by atoms with van der Waals surface area (Å²) in [6, 6.07) is 10.1. The number of thiazole rings is 1. The third-order valence-corrected chi connectivity index (χ3v) is 5.04. The lowest BCUT2D eigenvalue weighted by Gasteiger charge is -2.07. The topological polar surface area (TPSA) is 52.8 Å². The number of ether oxygens (including phenoxy) is 2. The molecule has 3 aromatic rings. The Kier molecular flexibility index (Phi) is 6.06. The molecule has 1 amide bonds. The van der Waals surface area contributed by atoms with Crippen LogP contribution in [-0.2, 0) is 11.3 Å². The van der Waals surface area contributed by atoms with Crippen molar-refractivity contribution in [1.82, 2.24) is 4.57 Å². The van der Waals surface area contributed by atoms with E-state index in [1.165, 1.54) is 23.5 Å². The molecule has 0 aliphatic rings. The standard InChI is InChI=1S/C21H19FN2O3S/c1-4-12-24-20-15(22)6-5-7-18(20)28-21(24)23-19(25)11-9-14-8-10-16(26-2)17(13-14)27-3/h4-11,13H,1,12H2,2-3H3. The highest BCUT2D eigenvalue weighted by Crippen LogP contribution is 2.28. The molecular weight excluding hydrogens is 379 g/mol. The number of fused-ring (bicyclic) bond motifs is 1. The lowest BCUT2D eigenvalue weighted by atomic mass is 10.2. The first kappa shape index (κ1) is 19.6. The van der Waals surface area contributed by atoms with Crippen LogP contribution in [0.5, 0.6) is 11.5 Å². The van der Waals surface area contributed by atoms with Crippen molar-refractivity contribution in [3.8, 4) is 11.5 Å². The molecule has 0 atom stereocenters. The normalized spacial score (nSPS) is 11.9. The second kappa shape index (κ2) is 8.67. The van der Waals surface area contributed by atoms with Crippen molar-refractivity contribution in [2.75, 3.05) is 14.2 Å². The number of methoxy groups -OCH3 is 2. The van der Waals surface area contributed by atoms with Crippen molar-refractivity contribution in [3.63, 3.8) is 0 Å². The van der Waals surface area contributed by atoms with E-state index in [1.54, 1.807) is 61.3 Å². The Morgan fingerprint density at radius 1 is 1.25 bits per heavy atom. The van der Waals surface area contributed by atoms with Gasteiger partial charge in [-0.15, -0.1) is 6.58 Å². The van der Waals surface area contributed by atoms with Crippen LogP contribution in [0.15, 0.2) is 60.1 Å². The first-order valence-electron chi connectivity index (χ1n) is 8.45. The van der Waals surface area contributed by atoms with Crippen LogP contribution in [0, 0.1) is 5.82 Å². The molecule has 0 unspecified atom stereocenters. The van der Waals surface area contributed by atoms with E-state index >= 15 is 0 Å². The van der Waals surface area contributed by atoms with E-state index in [9.17, 15) is 9.18 Å². The molecule has 2 aromatic carbocycles. The third-order valence-electron chi connectivity index (χ3n) is 4.00. The molecule has 0 bridgehead atoms. The van der Waals surface area contributed by atoms with Gasteiger partial charge in [0.1, 0.15) is 5.82 Å². The van der Waals surface area contributed by atoms with Crippen LogP contribution in [0.25, 0.3) is 16.3 Å². The van der Waals surface area contributed by atoms with E-state index < -0.39 is 5.91 Å². The molecule has 1 aromatic heterocycles. The van der Waals surface area contributed by atoms with Gasteiger partial charge < -0.3 is 14.0 Å². The van der Waals surface area contributed by atoms with Crippen molar-refractivity contribution in [2.45, 2.75) is 6.54 Å². The first-order valence-corrected chi connectivity index (χ1v) is 9.26. The summed E-state index contributed by atoms with van der Waals surface area (Å²) in [6.45, 7) is 4.05. The fourth-order valence-electron chi connectivity index (χ4n) is 2.73. The minimum Gasteiger partial charge on any atom is -0.493 e. The second-order valence-corrected chi connectivity index (χ2v) is 6.78. The Bertz CT molecular complexity index is 1130. The number of hydrogen-bond donors (Lipinski definition) is 0. The Hall–Kier alpha value is -3.19. The van der Waals surface area contributed by atoms with Gasteiger partial charge in [-0.1, -0.05) is 29.5 Å². The largest absolute Gasteiger partial charge is 0.493 e. The molecule has 0 saturated heterocycles. The molecule has 0 radical (unpaired) electrons. The van der Waals surface area contributed by atoms with Gasteiger partial charge in [0.15, 0.2) is 16.3 Å². The number of rotatable bonds is 6. The number of amides is 1. The molecule has 1 heterocycles. The highest BCUT2D eigenvalue weighted by molar-refractivity contribution is 7.16. The number of benzene rings is 2. The minimum absolute atomic E-state index is 0.354. The molecule has 144 valence electrons. The summed E-state index contributed by atoms with van der Waals surface area (Å²) in [5.41, 5.74) is 1.19. The molecule has 0 N–H and O–H groups in total. The summed E-state index contributed by atoms with van der Waals surface area (Å²) >= 11 is 1.26. The maximum absolute atomic E-state index is 14.2. The summed E-state index contributed by atoms with van der Waals surface area (Å²) in [5, 5.41) is 0. The molecule has 7 heteroatoms. The van der Waals surface area contributed by atoms with E-state index in [0.717, 1.165) is 10.3 Å². The number of hydrogen-bond acceptors (Lipinski definition) is 4. The molecule has 5 nitrogen and oxygen atoms in total.